The first-order valence-electron chi connectivity index (χ1n) is 4.11. The molecule has 1 atom stereocenters. The van der Waals surface area contributed by atoms with Gasteiger partial charge in [0.15, 0.2) is 0 Å². The minimum absolute atomic E-state index is 0.456. The number of carbonyl (C=O) groups is 1. The van der Waals surface area contributed by atoms with Crippen molar-refractivity contribution < 1.29 is 9.90 Å². The summed E-state index contributed by atoms with van der Waals surface area (Å²) in [6, 6.07) is 4.32. The average Bonchev–Trinajstić information content (AvgIpc) is 2.16. The summed E-state index contributed by atoms with van der Waals surface area (Å²) in [5.41, 5.74) is 0.562. The summed E-state index contributed by atoms with van der Waals surface area (Å²) in [5, 5.41) is 12.0. The second-order valence-corrected chi connectivity index (χ2v) is 4.14. The van der Waals surface area contributed by atoms with E-state index in [1.165, 1.54) is 6.08 Å². The standard InChI is InChI=1S/C10H9BrClNO2/c1-2-8(10(14)15)13-9-4-3-6(11)5-7(9)12/h2-5,8,13H,1H2,(H,14,15). The maximum atomic E-state index is 10.7. The molecule has 0 saturated carbocycles. The van der Waals surface area contributed by atoms with Gasteiger partial charge in [0.25, 0.3) is 0 Å². The second kappa shape index (κ2) is 5.19. The molecule has 0 spiro atoms. The summed E-state index contributed by atoms with van der Waals surface area (Å²) in [6.45, 7) is 3.43. The highest BCUT2D eigenvalue weighted by atomic mass is 79.9. The van der Waals surface area contributed by atoms with Gasteiger partial charge in [0.05, 0.1) is 10.7 Å². The highest BCUT2D eigenvalue weighted by Crippen LogP contribution is 2.26. The number of halogens is 2. The van der Waals surface area contributed by atoms with Gasteiger partial charge in [0.1, 0.15) is 6.04 Å². The molecule has 1 rings (SSSR count). The van der Waals surface area contributed by atoms with Gasteiger partial charge in [-0.15, -0.1) is 6.58 Å². The van der Waals surface area contributed by atoms with E-state index in [9.17, 15) is 4.79 Å². The Morgan fingerprint density at radius 1 is 1.67 bits per heavy atom. The van der Waals surface area contributed by atoms with E-state index in [0.29, 0.717) is 10.7 Å². The van der Waals surface area contributed by atoms with Crippen LogP contribution >= 0.6 is 27.5 Å². The highest BCUT2D eigenvalue weighted by molar-refractivity contribution is 9.10. The van der Waals surface area contributed by atoms with Crippen molar-refractivity contribution in [2.45, 2.75) is 6.04 Å². The van der Waals surface area contributed by atoms with Gasteiger partial charge < -0.3 is 10.4 Å². The predicted octanol–water partition coefficient (Wildman–Crippen LogP) is 3.15. The fourth-order valence-corrected chi connectivity index (χ4v) is 1.72. The molecular weight excluding hydrogens is 281 g/mol. The molecule has 2 N–H and O–H groups in total. The molecule has 0 amide bonds. The molecule has 0 saturated heterocycles. The van der Waals surface area contributed by atoms with Crippen LogP contribution in [0.3, 0.4) is 0 Å². The van der Waals surface area contributed by atoms with E-state index in [-0.39, 0.29) is 0 Å². The second-order valence-electron chi connectivity index (χ2n) is 2.82. The molecule has 0 aliphatic carbocycles. The van der Waals surface area contributed by atoms with Crippen LogP contribution < -0.4 is 5.32 Å². The lowest BCUT2D eigenvalue weighted by Gasteiger charge is -2.12. The maximum Gasteiger partial charge on any atom is 0.330 e. The molecule has 15 heavy (non-hydrogen) atoms. The van der Waals surface area contributed by atoms with Crippen molar-refractivity contribution in [1.82, 2.24) is 0 Å². The predicted molar refractivity (Wildman–Crippen MR) is 64.4 cm³/mol. The number of aliphatic carboxylic acids is 1. The van der Waals surface area contributed by atoms with Gasteiger partial charge in [-0.25, -0.2) is 4.79 Å². The van der Waals surface area contributed by atoms with Crippen LogP contribution in [0.25, 0.3) is 0 Å². The number of carboxylic acids is 1. The third-order valence-corrected chi connectivity index (χ3v) is 2.55. The Morgan fingerprint density at radius 3 is 2.80 bits per heavy atom. The lowest BCUT2D eigenvalue weighted by molar-refractivity contribution is -0.136. The topological polar surface area (TPSA) is 49.3 Å². The fourth-order valence-electron chi connectivity index (χ4n) is 0.996. The zero-order chi connectivity index (χ0) is 11.4. The molecule has 0 aromatic heterocycles. The third-order valence-electron chi connectivity index (χ3n) is 1.74. The van der Waals surface area contributed by atoms with Gasteiger partial charge in [0.2, 0.25) is 0 Å². The molecule has 0 heterocycles. The first-order chi connectivity index (χ1) is 7.04. The van der Waals surface area contributed by atoms with Gasteiger partial charge in [-0.05, 0) is 18.2 Å². The van der Waals surface area contributed by atoms with Gasteiger partial charge in [-0.1, -0.05) is 33.6 Å². The maximum absolute atomic E-state index is 10.7. The van der Waals surface area contributed by atoms with Crippen LogP contribution in [-0.4, -0.2) is 17.1 Å². The van der Waals surface area contributed by atoms with Crippen LogP contribution in [0.15, 0.2) is 35.3 Å². The summed E-state index contributed by atoms with van der Waals surface area (Å²) < 4.78 is 0.837. The van der Waals surface area contributed by atoms with Crippen LogP contribution in [0.1, 0.15) is 0 Å². The first-order valence-corrected chi connectivity index (χ1v) is 5.28. The van der Waals surface area contributed by atoms with Crippen molar-refractivity contribution in [3.63, 3.8) is 0 Å². The molecule has 0 aliphatic rings. The monoisotopic (exact) mass is 289 g/mol. The smallest absolute Gasteiger partial charge is 0.330 e. The van der Waals surface area contributed by atoms with Crippen molar-refractivity contribution in [2.24, 2.45) is 0 Å². The van der Waals surface area contributed by atoms with Crippen LogP contribution in [0.5, 0.6) is 0 Å². The number of nitrogens with one attached hydrogen (secondary N) is 1. The number of rotatable bonds is 4. The Morgan fingerprint density at radius 2 is 2.33 bits per heavy atom. The van der Waals surface area contributed by atoms with E-state index in [2.05, 4.69) is 27.8 Å². The Bertz CT molecular complexity index is 395. The summed E-state index contributed by atoms with van der Waals surface area (Å²) in [4.78, 5) is 10.7. The lowest BCUT2D eigenvalue weighted by Crippen LogP contribution is -2.26. The number of hydrogen-bond acceptors (Lipinski definition) is 2. The minimum Gasteiger partial charge on any atom is -0.479 e. The Kier molecular flexibility index (Phi) is 4.17. The molecule has 5 heteroatoms. The van der Waals surface area contributed by atoms with Crippen LogP contribution in [-0.2, 0) is 4.79 Å². The Balaban J connectivity index is 2.88. The van der Waals surface area contributed by atoms with Crippen LogP contribution in [0.2, 0.25) is 5.02 Å². The first kappa shape index (κ1) is 12.1. The molecule has 1 aromatic carbocycles. The molecule has 0 fully saturated rings. The van der Waals surface area contributed by atoms with E-state index in [1.807, 2.05) is 0 Å². The van der Waals surface area contributed by atoms with E-state index < -0.39 is 12.0 Å². The van der Waals surface area contributed by atoms with E-state index >= 15 is 0 Å². The van der Waals surface area contributed by atoms with Crippen LogP contribution in [0.4, 0.5) is 5.69 Å². The van der Waals surface area contributed by atoms with Gasteiger partial charge in [-0.3, -0.25) is 0 Å². The lowest BCUT2D eigenvalue weighted by atomic mass is 10.2. The van der Waals surface area contributed by atoms with Gasteiger partial charge in [-0.2, -0.15) is 0 Å². The van der Waals surface area contributed by atoms with E-state index in [0.717, 1.165) is 4.47 Å². The molecule has 0 radical (unpaired) electrons. The van der Waals surface area contributed by atoms with Gasteiger partial charge >= 0.3 is 5.97 Å². The normalized spacial score (nSPS) is 11.9. The highest BCUT2D eigenvalue weighted by Gasteiger charge is 2.13. The number of anilines is 1. The summed E-state index contributed by atoms with van der Waals surface area (Å²) >= 11 is 9.18. The molecule has 0 bridgehead atoms. The van der Waals surface area contributed by atoms with Crippen molar-refractivity contribution >= 4 is 39.2 Å². The minimum atomic E-state index is -0.996. The zero-order valence-corrected chi connectivity index (χ0v) is 10.0. The van der Waals surface area contributed by atoms with Crippen LogP contribution in [0, 0.1) is 0 Å². The Labute approximate surface area is 101 Å². The SMILES string of the molecule is C=CC(Nc1ccc(Br)cc1Cl)C(=O)O. The van der Waals surface area contributed by atoms with E-state index in [1.54, 1.807) is 18.2 Å². The molecule has 1 unspecified atom stereocenters. The number of benzene rings is 1. The fraction of sp³-hybridized carbons (Fsp3) is 0.100. The number of carboxylic acid groups (broad SMARTS) is 1. The summed E-state index contributed by atoms with van der Waals surface area (Å²) in [5.74, 6) is -0.996. The zero-order valence-electron chi connectivity index (χ0n) is 7.71. The average molecular weight is 291 g/mol. The summed E-state index contributed by atoms with van der Waals surface area (Å²) in [7, 11) is 0. The largest absolute Gasteiger partial charge is 0.479 e. The van der Waals surface area contributed by atoms with Crippen molar-refractivity contribution in [3.8, 4) is 0 Å². The quantitative estimate of drug-likeness (QED) is 0.838. The Hall–Kier alpha value is -1.00. The molecule has 1 aromatic rings. The number of hydrogen-bond donors (Lipinski definition) is 2. The molecule has 3 nitrogen and oxygen atoms in total. The van der Waals surface area contributed by atoms with Crippen molar-refractivity contribution in [1.29, 1.82) is 0 Å². The van der Waals surface area contributed by atoms with Crippen molar-refractivity contribution in [2.75, 3.05) is 5.32 Å². The summed E-state index contributed by atoms with van der Waals surface area (Å²) in [6.07, 6.45) is 1.31. The molecular formula is C10H9BrClNO2. The van der Waals surface area contributed by atoms with Gasteiger partial charge in [0, 0.05) is 4.47 Å². The molecule has 0 aliphatic heterocycles. The van der Waals surface area contributed by atoms with Crippen molar-refractivity contribution in [3.05, 3.63) is 40.3 Å². The third kappa shape index (κ3) is 3.25. The van der Waals surface area contributed by atoms with E-state index in [4.69, 9.17) is 16.7 Å². The molecule has 80 valence electrons.